The fourth-order valence-electron chi connectivity index (χ4n) is 4.82. The lowest BCUT2D eigenvalue weighted by atomic mass is 9.72. The van der Waals surface area contributed by atoms with E-state index in [4.69, 9.17) is 4.74 Å². The number of aryl methyl sites for hydroxylation is 1. The Kier molecular flexibility index (Phi) is 4.11. The van der Waals surface area contributed by atoms with Gasteiger partial charge in [-0.3, -0.25) is 4.79 Å². The number of Topliss-reactive ketones (excluding diaryl/α,β-unsaturated/α-hetero) is 1. The van der Waals surface area contributed by atoms with Crippen LogP contribution in [0.15, 0.2) is 65.1 Å². The number of allylic oxidation sites excluding steroid dienone is 1. The molecule has 0 fully saturated rings. The SMILES string of the molecule is CC1=C[C@@]2(C)OCc3c(c4ccccc4n3S(=O)(=O)c3ccc(C)cc3)[C@H]2CC1=O. The summed E-state index contributed by atoms with van der Waals surface area (Å²) >= 11 is 0. The Bertz CT molecular complexity index is 1330. The second-order valence-electron chi connectivity index (χ2n) is 8.44. The van der Waals surface area contributed by atoms with Crippen LogP contribution in [0.25, 0.3) is 10.9 Å². The van der Waals surface area contributed by atoms with Crippen molar-refractivity contribution in [1.29, 1.82) is 0 Å². The normalized spacial score (nSPS) is 23.8. The molecule has 0 N–H and O–H groups in total. The lowest BCUT2D eigenvalue weighted by molar-refractivity contribution is -0.120. The van der Waals surface area contributed by atoms with Gasteiger partial charge in [0.25, 0.3) is 10.0 Å². The maximum absolute atomic E-state index is 13.7. The van der Waals surface area contributed by atoms with Gasteiger partial charge in [-0.1, -0.05) is 35.9 Å². The van der Waals surface area contributed by atoms with Crippen molar-refractivity contribution in [2.45, 2.75) is 50.2 Å². The standard InChI is InChI=1S/C24H23NO4S/c1-15-8-10-17(11-9-15)30(27,28)25-20-7-5-4-6-18(20)23-19-12-22(26)16(2)13-24(19,3)29-14-21(23)25/h4-11,13,19H,12,14H2,1-3H3/t19-,24-/m1/s1. The van der Waals surface area contributed by atoms with Crippen molar-refractivity contribution in [1.82, 2.24) is 3.97 Å². The van der Waals surface area contributed by atoms with Crippen LogP contribution >= 0.6 is 0 Å². The monoisotopic (exact) mass is 421 g/mol. The van der Waals surface area contributed by atoms with Crippen LogP contribution in [0.2, 0.25) is 0 Å². The minimum atomic E-state index is -3.83. The number of ketones is 1. The fraction of sp³-hybridized carbons (Fsp3) is 0.292. The summed E-state index contributed by atoms with van der Waals surface area (Å²) < 4.78 is 35.0. The van der Waals surface area contributed by atoms with E-state index in [9.17, 15) is 13.2 Å². The van der Waals surface area contributed by atoms with Gasteiger partial charge >= 0.3 is 0 Å². The molecule has 1 aliphatic heterocycles. The Hall–Kier alpha value is -2.70. The third kappa shape index (κ3) is 2.63. The van der Waals surface area contributed by atoms with Gasteiger partial charge in [-0.2, -0.15) is 0 Å². The van der Waals surface area contributed by atoms with Crippen LogP contribution in [0, 0.1) is 6.92 Å². The van der Waals surface area contributed by atoms with E-state index >= 15 is 0 Å². The highest BCUT2D eigenvalue weighted by molar-refractivity contribution is 7.90. The Labute approximate surface area is 176 Å². The Morgan fingerprint density at radius 1 is 1.07 bits per heavy atom. The number of para-hydroxylation sites is 1. The molecule has 2 aliphatic rings. The van der Waals surface area contributed by atoms with Crippen molar-refractivity contribution in [3.63, 3.8) is 0 Å². The molecule has 0 saturated carbocycles. The van der Waals surface area contributed by atoms with E-state index in [-0.39, 0.29) is 23.2 Å². The molecule has 0 radical (unpaired) electrons. The fourth-order valence-corrected chi connectivity index (χ4v) is 6.37. The molecule has 154 valence electrons. The number of hydrogen-bond acceptors (Lipinski definition) is 4. The van der Waals surface area contributed by atoms with Gasteiger partial charge in [0.1, 0.15) is 0 Å². The molecule has 30 heavy (non-hydrogen) atoms. The summed E-state index contributed by atoms with van der Waals surface area (Å²) in [5.41, 5.74) is 3.21. The zero-order valence-corrected chi connectivity index (χ0v) is 18.0. The highest BCUT2D eigenvalue weighted by Crippen LogP contribution is 2.49. The van der Waals surface area contributed by atoms with E-state index in [0.29, 0.717) is 23.2 Å². The van der Waals surface area contributed by atoms with Crippen molar-refractivity contribution in [2.24, 2.45) is 0 Å². The first-order valence-corrected chi connectivity index (χ1v) is 11.5. The number of carbonyl (C=O) groups excluding carboxylic acids is 1. The molecule has 5 rings (SSSR count). The van der Waals surface area contributed by atoms with E-state index < -0.39 is 15.6 Å². The Morgan fingerprint density at radius 3 is 2.50 bits per heavy atom. The Morgan fingerprint density at radius 2 is 1.77 bits per heavy atom. The molecule has 0 bridgehead atoms. The molecule has 2 atom stereocenters. The first-order valence-electron chi connectivity index (χ1n) is 10.0. The summed E-state index contributed by atoms with van der Waals surface area (Å²) in [5, 5.41) is 0.864. The lowest BCUT2D eigenvalue weighted by Crippen LogP contribution is -2.43. The molecule has 2 heterocycles. The number of rotatable bonds is 2. The summed E-state index contributed by atoms with van der Waals surface area (Å²) in [4.78, 5) is 12.8. The predicted octanol–water partition coefficient (Wildman–Crippen LogP) is 4.48. The number of hydrogen-bond donors (Lipinski definition) is 0. The zero-order valence-electron chi connectivity index (χ0n) is 17.2. The van der Waals surface area contributed by atoms with Crippen LogP contribution in [0.4, 0.5) is 0 Å². The molecule has 2 aromatic carbocycles. The molecule has 0 amide bonds. The highest BCUT2D eigenvalue weighted by atomic mass is 32.2. The van der Waals surface area contributed by atoms with E-state index in [1.54, 1.807) is 24.3 Å². The summed E-state index contributed by atoms with van der Waals surface area (Å²) in [7, 11) is -3.83. The molecular formula is C24H23NO4S. The molecule has 5 nitrogen and oxygen atoms in total. The van der Waals surface area contributed by atoms with Crippen LogP contribution in [0.5, 0.6) is 0 Å². The van der Waals surface area contributed by atoms with E-state index in [0.717, 1.165) is 16.5 Å². The van der Waals surface area contributed by atoms with Crippen LogP contribution in [-0.4, -0.2) is 23.8 Å². The summed E-state index contributed by atoms with van der Waals surface area (Å²) in [6, 6.07) is 14.4. The van der Waals surface area contributed by atoms with Gasteiger partial charge in [0.2, 0.25) is 0 Å². The third-order valence-electron chi connectivity index (χ3n) is 6.42. The molecule has 1 aliphatic carbocycles. The maximum atomic E-state index is 13.7. The topological polar surface area (TPSA) is 65.4 Å². The van der Waals surface area contributed by atoms with Gasteiger partial charge in [-0.15, -0.1) is 0 Å². The van der Waals surface area contributed by atoms with E-state index in [1.165, 1.54) is 3.97 Å². The number of nitrogens with zero attached hydrogens (tertiary/aromatic N) is 1. The number of benzene rings is 2. The summed E-state index contributed by atoms with van der Waals surface area (Å²) in [6.07, 6.45) is 2.21. The second-order valence-corrected chi connectivity index (χ2v) is 10.2. The van der Waals surface area contributed by atoms with E-state index in [1.807, 2.05) is 51.1 Å². The summed E-state index contributed by atoms with van der Waals surface area (Å²) in [5.74, 6) is -0.149. The molecule has 0 spiro atoms. The number of carbonyl (C=O) groups is 1. The number of aromatic nitrogens is 1. The lowest BCUT2D eigenvalue weighted by Gasteiger charge is -2.42. The molecule has 1 aromatic heterocycles. The molecule has 0 unspecified atom stereocenters. The van der Waals surface area contributed by atoms with Crippen molar-refractivity contribution in [3.8, 4) is 0 Å². The van der Waals surface area contributed by atoms with Crippen molar-refractivity contribution >= 4 is 26.7 Å². The first-order chi connectivity index (χ1) is 14.2. The quantitative estimate of drug-likeness (QED) is 0.612. The van der Waals surface area contributed by atoms with Gasteiger partial charge in [0.15, 0.2) is 5.78 Å². The smallest absolute Gasteiger partial charge is 0.268 e. The van der Waals surface area contributed by atoms with E-state index in [2.05, 4.69) is 0 Å². The minimum Gasteiger partial charge on any atom is -0.364 e. The van der Waals surface area contributed by atoms with Gasteiger partial charge in [0, 0.05) is 17.7 Å². The second kappa shape index (κ2) is 6.40. The van der Waals surface area contributed by atoms with Crippen molar-refractivity contribution in [2.75, 3.05) is 0 Å². The first kappa shape index (κ1) is 19.3. The molecular weight excluding hydrogens is 398 g/mol. The highest BCUT2D eigenvalue weighted by Gasteiger charge is 2.47. The van der Waals surface area contributed by atoms with Crippen LogP contribution in [0.1, 0.15) is 43.0 Å². The molecule has 3 aromatic rings. The largest absolute Gasteiger partial charge is 0.364 e. The number of fused-ring (bicyclic) bond motifs is 5. The Balaban J connectivity index is 1.80. The van der Waals surface area contributed by atoms with Crippen LogP contribution in [0.3, 0.4) is 0 Å². The predicted molar refractivity (Wildman–Crippen MR) is 115 cm³/mol. The van der Waals surface area contributed by atoms with Gasteiger partial charge in [-0.05, 0) is 56.2 Å². The average Bonchev–Trinajstić information content (AvgIpc) is 3.05. The van der Waals surface area contributed by atoms with Crippen molar-refractivity contribution in [3.05, 3.63) is 77.0 Å². The van der Waals surface area contributed by atoms with Crippen LogP contribution < -0.4 is 0 Å². The molecule has 6 heteroatoms. The molecule has 0 saturated heterocycles. The van der Waals surface area contributed by atoms with Gasteiger partial charge in [0.05, 0.1) is 28.3 Å². The van der Waals surface area contributed by atoms with Gasteiger partial charge in [-0.25, -0.2) is 12.4 Å². The average molecular weight is 422 g/mol. The van der Waals surface area contributed by atoms with Crippen molar-refractivity contribution < 1.29 is 17.9 Å². The zero-order chi connectivity index (χ0) is 21.3. The number of ether oxygens (including phenoxy) is 1. The third-order valence-corrected chi connectivity index (χ3v) is 8.19. The summed E-state index contributed by atoms with van der Waals surface area (Å²) in [6.45, 7) is 5.89. The van der Waals surface area contributed by atoms with Gasteiger partial charge < -0.3 is 4.74 Å². The van der Waals surface area contributed by atoms with Crippen LogP contribution in [-0.2, 0) is 26.2 Å². The minimum absolute atomic E-state index is 0.0761. The maximum Gasteiger partial charge on any atom is 0.268 e.